The van der Waals surface area contributed by atoms with E-state index in [2.05, 4.69) is 37.1 Å². The van der Waals surface area contributed by atoms with Crippen molar-refractivity contribution in [1.82, 2.24) is 24.9 Å². The second-order valence-electron chi connectivity index (χ2n) is 7.51. The van der Waals surface area contributed by atoms with Gasteiger partial charge in [-0.2, -0.15) is 0 Å². The van der Waals surface area contributed by atoms with Crippen LogP contribution in [0, 0.1) is 0 Å². The monoisotopic (exact) mass is 433 g/mol. The Morgan fingerprint density at radius 3 is 2.97 bits per heavy atom. The maximum Gasteiger partial charge on any atom is 0.272 e. The molecule has 1 amide bonds. The SMILES string of the molecule is CNc1cc(Nc2cccc3c2OCCC3)nn2c(C(=O)N[C@H](C)c3ncco3)cnc12. The third kappa shape index (κ3) is 3.59. The second kappa shape index (κ2) is 8.22. The quantitative estimate of drug-likeness (QED) is 0.424. The molecule has 1 aromatic carbocycles. The third-order valence-electron chi connectivity index (χ3n) is 5.34. The van der Waals surface area contributed by atoms with Crippen molar-refractivity contribution in [3.63, 3.8) is 0 Å². The Hall–Kier alpha value is -4.08. The molecule has 1 aliphatic rings. The molecule has 4 aromatic rings. The maximum absolute atomic E-state index is 12.9. The van der Waals surface area contributed by atoms with Crippen LogP contribution < -0.4 is 20.7 Å². The van der Waals surface area contributed by atoms with Gasteiger partial charge in [0, 0.05) is 13.1 Å². The highest BCUT2D eigenvalue weighted by Crippen LogP contribution is 2.35. The summed E-state index contributed by atoms with van der Waals surface area (Å²) < 4.78 is 12.7. The number of imidazole rings is 1. The Kier molecular flexibility index (Phi) is 5.10. The molecule has 3 N–H and O–H groups in total. The lowest BCUT2D eigenvalue weighted by molar-refractivity contribution is 0.0927. The highest BCUT2D eigenvalue weighted by molar-refractivity contribution is 5.94. The molecule has 10 nitrogen and oxygen atoms in total. The lowest BCUT2D eigenvalue weighted by atomic mass is 10.1. The Balaban J connectivity index is 1.48. The third-order valence-corrected chi connectivity index (χ3v) is 5.34. The molecular weight excluding hydrogens is 410 g/mol. The van der Waals surface area contributed by atoms with E-state index in [9.17, 15) is 4.79 Å². The minimum Gasteiger partial charge on any atom is -0.491 e. The number of amides is 1. The van der Waals surface area contributed by atoms with Gasteiger partial charge in [-0.25, -0.2) is 14.5 Å². The molecule has 10 heteroatoms. The van der Waals surface area contributed by atoms with Crippen molar-refractivity contribution in [2.24, 2.45) is 0 Å². The molecular formula is C22H23N7O3. The zero-order valence-corrected chi connectivity index (χ0v) is 17.8. The maximum atomic E-state index is 12.9. The Labute approximate surface area is 184 Å². The number of fused-ring (bicyclic) bond motifs is 2. The zero-order valence-electron chi connectivity index (χ0n) is 17.8. The lowest BCUT2D eigenvalue weighted by Crippen LogP contribution is -2.28. The molecule has 0 radical (unpaired) electrons. The summed E-state index contributed by atoms with van der Waals surface area (Å²) in [7, 11) is 1.80. The molecule has 0 fully saturated rings. The predicted octanol–water partition coefficient (Wildman–Crippen LogP) is 3.32. The fraction of sp³-hybridized carbons (Fsp3) is 0.273. The van der Waals surface area contributed by atoms with Crippen LogP contribution in [0.5, 0.6) is 5.75 Å². The van der Waals surface area contributed by atoms with Crippen molar-refractivity contribution >= 4 is 28.7 Å². The van der Waals surface area contributed by atoms with Gasteiger partial charge < -0.3 is 25.1 Å². The number of hydrogen-bond donors (Lipinski definition) is 3. The van der Waals surface area contributed by atoms with E-state index in [0.29, 0.717) is 29.7 Å². The molecule has 164 valence electrons. The van der Waals surface area contributed by atoms with E-state index < -0.39 is 6.04 Å². The Morgan fingerprint density at radius 2 is 2.16 bits per heavy atom. The van der Waals surface area contributed by atoms with Gasteiger partial charge in [-0.15, -0.1) is 5.10 Å². The number of carbonyl (C=O) groups is 1. The van der Waals surface area contributed by atoms with Crippen molar-refractivity contribution in [3.05, 3.63) is 60.1 Å². The number of benzene rings is 1. The van der Waals surface area contributed by atoms with Crippen molar-refractivity contribution < 1.29 is 13.9 Å². The van der Waals surface area contributed by atoms with Crippen LogP contribution in [0.1, 0.15) is 41.3 Å². The standard InChI is InChI=1S/C22H23N7O3/c1-13(22-24-8-10-32-22)26-21(30)17-12-25-20-16(23-2)11-18(28-29(17)20)27-15-7-3-5-14-6-4-9-31-19(14)15/h3,5,7-8,10-13,23H,4,6,9H2,1-2H3,(H,26,30)(H,27,28)/t13-/m1/s1. The highest BCUT2D eigenvalue weighted by atomic mass is 16.5. The van der Waals surface area contributed by atoms with Gasteiger partial charge in [-0.05, 0) is 31.4 Å². The largest absolute Gasteiger partial charge is 0.491 e. The summed E-state index contributed by atoms with van der Waals surface area (Å²) in [5, 5.41) is 14.0. The van der Waals surface area contributed by atoms with Crippen LogP contribution in [-0.2, 0) is 6.42 Å². The van der Waals surface area contributed by atoms with E-state index in [4.69, 9.17) is 9.15 Å². The number of aryl methyl sites for hydroxylation is 1. The topological polar surface area (TPSA) is 119 Å². The van der Waals surface area contributed by atoms with Crippen LogP contribution in [0.25, 0.3) is 5.65 Å². The van der Waals surface area contributed by atoms with E-state index in [1.54, 1.807) is 14.0 Å². The van der Waals surface area contributed by atoms with E-state index in [1.807, 2.05) is 18.2 Å². The zero-order chi connectivity index (χ0) is 22.1. The Morgan fingerprint density at radius 1 is 1.25 bits per heavy atom. The van der Waals surface area contributed by atoms with Gasteiger partial charge in [-0.3, -0.25) is 4.79 Å². The first-order chi connectivity index (χ1) is 15.6. The molecule has 32 heavy (non-hydrogen) atoms. The number of rotatable bonds is 6. The molecule has 0 spiro atoms. The van der Waals surface area contributed by atoms with Crippen LogP contribution in [0.3, 0.4) is 0 Å². The van der Waals surface area contributed by atoms with Crippen molar-refractivity contribution in [2.45, 2.75) is 25.8 Å². The molecule has 0 saturated heterocycles. The van der Waals surface area contributed by atoms with Gasteiger partial charge in [0.05, 0.1) is 30.4 Å². The molecule has 1 aliphatic heterocycles. The normalized spacial score (nSPS) is 13.8. The van der Waals surface area contributed by atoms with E-state index in [1.165, 1.54) is 28.7 Å². The minimum atomic E-state index is -0.402. The summed E-state index contributed by atoms with van der Waals surface area (Å²) in [4.78, 5) is 21.4. The van der Waals surface area contributed by atoms with Gasteiger partial charge in [-0.1, -0.05) is 12.1 Å². The van der Waals surface area contributed by atoms with E-state index >= 15 is 0 Å². The smallest absolute Gasteiger partial charge is 0.272 e. The molecule has 0 saturated carbocycles. The van der Waals surface area contributed by atoms with Gasteiger partial charge in [0.2, 0.25) is 5.89 Å². The summed E-state index contributed by atoms with van der Waals surface area (Å²) in [5.74, 6) is 1.48. The summed E-state index contributed by atoms with van der Waals surface area (Å²) in [5.41, 5.74) is 3.57. The van der Waals surface area contributed by atoms with E-state index in [0.717, 1.165) is 30.0 Å². The summed E-state index contributed by atoms with van der Waals surface area (Å²) in [6.45, 7) is 2.49. The number of carbonyl (C=O) groups excluding carboxylic acids is 1. The molecule has 0 aliphatic carbocycles. The average Bonchev–Trinajstić information content (AvgIpc) is 3.49. The first-order valence-corrected chi connectivity index (χ1v) is 10.4. The second-order valence-corrected chi connectivity index (χ2v) is 7.51. The number of oxazole rings is 1. The number of para-hydroxylation sites is 1. The summed E-state index contributed by atoms with van der Waals surface area (Å²) in [6, 6.07) is 7.47. The molecule has 3 aromatic heterocycles. The van der Waals surface area contributed by atoms with Crippen LogP contribution >= 0.6 is 0 Å². The number of aromatic nitrogens is 4. The van der Waals surface area contributed by atoms with Crippen LogP contribution in [0.15, 0.2) is 47.3 Å². The van der Waals surface area contributed by atoms with Crippen LogP contribution in [0.4, 0.5) is 17.2 Å². The van der Waals surface area contributed by atoms with E-state index in [-0.39, 0.29) is 5.91 Å². The Bertz CT molecular complexity index is 1270. The molecule has 0 bridgehead atoms. The van der Waals surface area contributed by atoms with Crippen LogP contribution in [-0.4, -0.2) is 39.1 Å². The van der Waals surface area contributed by atoms with Crippen LogP contribution in [0.2, 0.25) is 0 Å². The van der Waals surface area contributed by atoms with Gasteiger partial charge in [0.1, 0.15) is 18.1 Å². The highest BCUT2D eigenvalue weighted by Gasteiger charge is 2.21. The molecule has 4 heterocycles. The summed E-state index contributed by atoms with van der Waals surface area (Å²) in [6.07, 6.45) is 6.49. The van der Waals surface area contributed by atoms with Gasteiger partial charge in [0.25, 0.3) is 5.91 Å². The fourth-order valence-electron chi connectivity index (χ4n) is 3.77. The van der Waals surface area contributed by atoms with Gasteiger partial charge >= 0.3 is 0 Å². The molecule has 1 atom stereocenters. The van der Waals surface area contributed by atoms with Crippen molar-refractivity contribution in [1.29, 1.82) is 0 Å². The summed E-state index contributed by atoms with van der Waals surface area (Å²) >= 11 is 0. The first-order valence-electron chi connectivity index (χ1n) is 10.4. The lowest BCUT2D eigenvalue weighted by Gasteiger charge is -2.21. The fourth-order valence-corrected chi connectivity index (χ4v) is 3.77. The van der Waals surface area contributed by atoms with Crippen molar-refractivity contribution in [2.75, 3.05) is 24.3 Å². The molecule has 5 rings (SSSR count). The number of nitrogens with one attached hydrogen (secondary N) is 3. The number of ether oxygens (including phenoxy) is 1. The molecule has 0 unspecified atom stereocenters. The predicted molar refractivity (Wildman–Crippen MR) is 118 cm³/mol. The van der Waals surface area contributed by atoms with Gasteiger partial charge in [0.15, 0.2) is 17.2 Å². The number of anilines is 3. The first kappa shape index (κ1) is 19.9. The van der Waals surface area contributed by atoms with Crippen molar-refractivity contribution in [3.8, 4) is 5.75 Å². The number of hydrogen-bond acceptors (Lipinski definition) is 8. The minimum absolute atomic E-state index is 0.296. The number of nitrogens with zero attached hydrogens (tertiary/aromatic N) is 4. The average molecular weight is 433 g/mol.